The van der Waals surface area contributed by atoms with E-state index in [-0.39, 0.29) is 5.91 Å². The largest absolute Gasteiger partial charge is 0.383 e. The predicted molar refractivity (Wildman–Crippen MR) is 92.1 cm³/mol. The molecule has 0 bridgehead atoms. The molecule has 1 aliphatic heterocycles. The third-order valence-corrected chi connectivity index (χ3v) is 3.85. The number of aryl methyl sites for hydroxylation is 1. The van der Waals surface area contributed by atoms with Crippen molar-refractivity contribution in [3.8, 4) is 0 Å². The first-order chi connectivity index (χ1) is 12.1. The highest BCUT2D eigenvalue weighted by Crippen LogP contribution is 2.03. The second-order valence-electron chi connectivity index (χ2n) is 5.74. The quantitative estimate of drug-likeness (QED) is 0.359. The number of aliphatic imine (C=N–C) groups is 1. The number of nitrogens with one attached hydrogen (secondary N) is 2. The lowest BCUT2D eigenvalue weighted by molar-refractivity contribution is -0.122. The monoisotopic (exact) mass is 353 g/mol. The smallest absolute Gasteiger partial charge is 0.234 e. The van der Waals surface area contributed by atoms with Gasteiger partial charge >= 0.3 is 0 Å². The number of amides is 1. The van der Waals surface area contributed by atoms with Gasteiger partial charge in [-0.15, -0.1) is 0 Å². The molecule has 0 aliphatic carbocycles. The van der Waals surface area contributed by atoms with Gasteiger partial charge in [0.15, 0.2) is 11.8 Å². The van der Waals surface area contributed by atoms with Crippen molar-refractivity contribution in [1.82, 2.24) is 30.6 Å². The molecular weight excluding hydrogens is 326 g/mol. The number of methoxy groups -OCH3 is 1. The Morgan fingerprint density at radius 3 is 2.68 bits per heavy atom. The summed E-state index contributed by atoms with van der Waals surface area (Å²) in [6.07, 6.45) is 0. The second-order valence-corrected chi connectivity index (χ2v) is 5.74. The molecule has 1 aromatic rings. The molecule has 0 radical (unpaired) electrons. The first-order valence-electron chi connectivity index (χ1n) is 8.35. The van der Waals surface area contributed by atoms with E-state index in [1.165, 1.54) is 0 Å². The van der Waals surface area contributed by atoms with Gasteiger partial charge in [0.05, 0.1) is 19.7 Å². The van der Waals surface area contributed by atoms with Gasteiger partial charge in [-0.3, -0.25) is 14.7 Å². The topological polar surface area (TPSA) is 108 Å². The van der Waals surface area contributed by atoms with Crippen LogP contribution >= 0.6 is 0 Å². The van der Waals surface area contributed by atoms with Gasteiger partial charge in [0, 0.05) is 53.8 Å². The van der Waals surface area contributed by atoms with Crippen molar-refractivity contribution in [2.24, 2.45) is 4.99 Å². The minimum absolute atomic E-state index is 0.0282. The number of hydrogen-bond acceptors (Lipinski definition) is 7. The first-order valence-corrected chi connectivity index (χ1v) is 8.35. The van der Waals surface area contributed by atoms with Gasteiger partial charge in [-0.05, 0) is 0 Å². The molecule has 0 aromatic carbocycles. The maximum Gasteiger partial charge on any atom is 0.234 e. The van der Waals surface area contributed by atoms with Crippen molar-refractivity contribution in [1.29, 1.82) is 0 Å². The Labute approximate surface area is 147 Å². The van der Waals surface area contributed by atoms with E-state index in [1.54, 1.807) is 21.1 Å². The average Bonchev–Trinajstić information content (AvgIpc) is 3.02. The molecule has 0 saturated carbocycles. The van der Waals surface area contributed by atoms with Crippen LogP contribution in [0, 0.1) is 6.92 Å². The number of nitrogens with zero attached hydrogens (tertiary/aromatic N) is 5. The van der Waals surface area contributed by atoms with Crippen LogP contribution in [0.1, 0.15) is 11.7 Å². The van der Waals surface area contributed by atoms with E-state index in [0.29, 0.717) is 38.0 Å². The van der Waals surface area contributed by atoms with Crippen molar-refractivity contribution >= 4 is 11.9 Å². The van der Waals surface area contributed by atoms with Crippen LogP contribution in [0.15, 0.2) is 9.52 Å². The highest BCUT2D eigenvalue weighted by atomic mass is 16.5. The Morgan fingerprint density at radius 1 is 1.32 bits per heavy atom. The number of carbonyl (C=O) groups excluding carboxylic acids is 1. The summed E-state index contributed by atoms with van der Waals surface area (Å²) < 4.78 is 9.88. The maximum absolute atomic E-state index is 11.8. The van der Waals surface area contributed by atoms with E-state index in [4.69, 9.17) is 9.26 Å². The van der Waals surface area contributed by atoms with Crippen molar-refractivity contribution in [3.05, 3.63) is 11.7 Å². The van der Waals surface area contributed by atoms with Gasteiger partial charge in [0.2, 0.25) is 11.8 Å². The summed E-state index contributed by atoms with van der Waals surface area (Å²) >= 11 is 0. The summed E-state index contributed by atoms with van der Waals surface area (Å²) in [7, 11) is 3.37. The summed E-state index contributed by atoms with van der Waals surface area (Å²) in [6, 6.07) is 0. The van der Waals surface area contributed by atoms with Gasteiger partial charge < -0.3 is 24.8 Å². The Bertz CT molecular complexity index is 567. The minimum Gasteiger partial charge on any atom is -0.383 e. The zero-order valence-electron chi connectivity index (χ0n) is 15.1. The van der Waals surface area contributed by atoms with Gasteiger partial charge in [0.1, 0.15) is 0 Å². The summed E-state index contributed by atoms with van der Waals surface area (Å²) in [4.78, 5) is 24.6. The molecule has 2 heterocycles. The van der Waals surface area contributed by atoms with Gasteiger partial charge in [-0.25, -0.2) is 0 Å². The van der Waals surface area contributed by atoms with Crippen molar-refractivity contribution in [2.75, 3.05) is 60.0 Å². The average molecular weight is 353 g/mol. The van der Waals surface area contributed by atoms with E-state index >= 15 is 0 Å². The molecule has 10 heteroatoms. The number of ether oxygens (including phenoxy) is 1. The molecule has 0 unspecified atom stereocenters. The van der Waals surface area contributed by atoms with E-state index < -0.39 is 0 Å². The minimum atomic E-state index is 0.0282. The summed E-state index contributed by atoms with van der Waals surface area (Å²) in [5, 5.41) is 9.94. The molecule has 0 spiro atoms. The van der Waals surface area contributed by atoms with Crippen molar-refractivity contribution in [3.63, 3.8) is 0 Å². The Balaban J connectivity index is 1.71. The van der Waals surface area contributed by atoms with Crippen LogP contribution < -0.4 is 10.6 Å². The lowest BCUT2D eigenvalue weighted by Crippen LogP contribution is -2.54. The molecular formula is C15H27N7O3. The molecule has 1 fully saturated rings. The van der Waals surface area contributed by atoms with Gasteiger partial charge in [-0.2, -0.15) is 4.98 Å². The van der Waals surface area contributed by atoms with Gasteiger partial charge in [-0.1, -0.05) is 5.16 Å². The molecule has 0 atom stereocenters. The summed E-state index contributed by atoms with van der Waals surface area (Å²) in [6.45, 7) is 6.92. The first kappa shape index (κ1) is 19.1. The van der Waals surface area contributed by atoms with Crippen molar-refractivity contribution < 1.29 is 14.1 Å². The second kappa shape index (κ2) is 9.94. The van der Waals surface area contributed by atoms with E-state index in [1.807, 2.05) is 0 Å². The fourth-order valence-corrected chi connectivity index (χ4v) is 2.57. The lowest BCUT2D eigenvalue weighted by Gasteiger charge is -2.36. The number of carbonyl (C=O) groups is 1. The number of hydrogen-bond donors (Lipinski definition) is 2. The predicted octanol–water partition coefficient (Wildman–Crippen LogP) is -1.17. The van der Waals surface area contributed by atoms with Crippen LogP contribution in [0.2, 0.25) is 0 Å². The maximum atomic E-state index is 11.8. The summed E-state index contributed by atoms with van der Waals surface area (Å²) in [5.41, 5.74) is 0. The molecule has 2 N–H and O–H groups in total. The summed E-state index contributed by atoms with van der Waals surface area (Å²) in [5.74, 6) is 1.97. The number of aromatic nitrogens is 2. The third-order valence-electron chi connectivity index (χ3n) is 3.85. The zero-order valence-corrected chi connectivity index (χ0v) is 15.1. The highest BCUT2D eigenvalue weighted by molar-refractivity contribution is 5.80. The number of piperazine rings is 1. The van der Waals surface area contributed by atoms with E-state index in [2.05, 4.69) is 35.6 Å². The zero-order chi connectivity index (χ0) is 18.1. The lowest BCUT2D eigenvalue weighted by atomic mass is 10.3. The number of rotatable bonds is 7. The van der Waals surface area contributed by atoms with Crippen LogP contribution in [-0.2, 0) is 16.1 Å². The molecule has 1 amide bonds. The third kappa shape index (κ3) is 6.31. The number of guanidine groups is 1. The SMILES string of the molecule is CN=C(NCc1noc(C)n1)N1CCN(CC(=O)NCCOC)CC1. The molecule has 1 saturated heterocycles. The fraction of sp³-hybridized carbons (Fsp3) is 0.733. The molecule has 1 aromatic heterocycles. The molecule has 140 valence electrons. The van der Waals surface area contributed by atoms with Crippen molar-refractivity contribution in [2.45, 2.75) is 13.5 Å². The standard InChI is InChI=1S/C15H27N7O3/c1-12-19-13(20-25-12)10-18-15(16-2)22-7-5-21(6-8-22)11-14(23)17-4-9-24-3/h4-11H2,1-3H3,(H,16,18)(H,17,23). The van der Waals surface area contributed by atoms with Crippen LogP contribution in [0.25, 0.3) is 0 Å². The Kier molecular flexibility index (Phi) is 7.61. The molecule has 10 nitrogen and oxygen atoms in total. The van der Waals surface area contributed by atoms with Gasteiger partial charge in [0.25, 0.3) is 0 Å². The van der Waals surface area contributed by atoms with Crippen LogP contribution in [0.3, 0.4) is 0 Å². The Morgan fingerprint density at radius 2 is 2.08 bits per heavy atom. The Hall–Kier alpha value is -2.20. The van der Waals surface area contributed by atoms with E-state index in [0.717, 1.165) is 32.1 Å². The van der Waals surface area contributed by atoms with Crippen LogP contribution in [0.4, 0.5) is 0 Å². The van der Waals surface area contributed by atoms with Crippen LogP contribution in [-0.4, -0.2) is 91.8 Å². The van der Waals surface area contributed by atoms with E-state index in [9.17, 15) is 4.79 Å². The molecule has 1 aliphatic rings. The molecule has 25 heavy (non-hydrogen) atoms. The molecule has 2 rings (SSSR count). The normalized spacial score (nSPS) is 16.1. The van der Waals surface area contributed by atoms with Crippen LogP contribution in [0.5, 0.6) is 0 Å². The fourth-order valence-electron chi connectivity index (χ4n) is 2.57. The highest BCUT2D eigenvalue weighted by Gasteiger charge is 2.21.